The Hall–Kier alpha value is -4.88. The summed E-state index contributed by atoms with van der Waals surface area (Å²) in [4.78, 5) is 32.7. The Kier molecular flexibility index (Phi) is 11.7. The van der Waals surface area contributed by atoms with Crippen molar-refractivity contribution in [3.63, 3.8) is 0 Å². The smallest absolute Gasteiger partial charge is 0.411 e. The first kappa shape index (κ1) is 42.2. The van der Waals surface area contributed by atoms with Gasteiger partial charge in [0.1, 0.15) is 30.1 Å². The Morgan fingerprint density at radius 2 is 1.36 bits per heavy atom. The van der Waals surface area contributed by atoms with Gasteiger partial charge in [0.05, 0.1) is 39.0 Å². The molecule has 6 atom stereocenters. The standard InChI is InChI=1S/C47H58N2O9Si/c1-29-41(54-8)37-36(43(42(29)55-9)56-27-30-19-13-10-14-20-30)35(28-57-59(47(5,6)7,32-21-15-11-16-22-32)33-23-17-12-18-24-33)48-39(40(37)51)38-31(26-50)25-34(44(48)52)49(38)45(53)58-46(2,3)4/h10-24,31,34-35,38-40,50-51H,25-28H2,1-9H3/t31-,34?,35+,38?,39-,40+/m1/s1. The summed E-state index contributed by atoms with van der Waals surface area (Å²) < 4.78 is 32.6. The molecule has 2 N–H and O–H groups in total. The Labute approximate surface area is 348 Å². The molecule has 2 unspecified atom stereocenters. The predicted octanol–water partition coefficient (Wildman–Crippen LogP) is 6.45. The molecule has 314 valence electrons. The third-order valence-electron chi connectivity index (χ3n) is 12.2. The fourth-order valence-corrected chi connectivity index (χ4v) is 14.4. The molecular formula is C47H58N2O9Si. The Bertz CT molecular complexity index is 2100. The minimum atomic E-state index is -3.22. The van der Waals surface area contributed by atoms with Gasteiger partial charge in [-0.2, -0.15) is 0 Å². The van der Waals surface area contributed by atoms with Crippen LogP contribution in [-0.2, 0) is 20.6 Å². The summed E-state index contributed by atoms with van der Waals surface area (Å²) in [5, 5.41) is 25.5. The number of fused-ring (bicyclic) bond motifs is 5. The molecule has 4 aromatic rings. The second-order valence-corrected chi connectivity index (χ2v) is 22.2. The highest BCUT2D eigenvalue weighted by Crippen LogP contribution is 2.58. The van der Waals surface area contributed by atoms with Crippen molar-refractivity contribution in [1.82, 2.24) is 9.80 Å². The van der Waals surface area contributed by atoms with Crippen molar-refractivity contribution in [2.75, 3.05) is 27.4 Å². The van der Waals surface area contributed by atoms with Crippen LogP contribution in [0, 0.1) is 12.8 Å². The van der Waals surface area contributed by atoms with Crippen LogP contribution >= 0.6 is 0 Å². The number of hydrogen-bond donors (Lipinski definition) is 2. The molecule has 0 aliphatic carbocycles. The van der Waals surface area contributed by atoms with E-state index in [1.807, 2.05) is 73.7 Å². The Morgan fingerprint density at radius 1 is 0.797 bits per heavy atom. The number of benzene rings is 4. The van der Waals surface area contributed by atoms with Gasteiger partial charge in [-0.25, -0.2) is 4.79 Å². The van der Waals surface area contributed by atoms with E-state index in [0.717, 1.165) is 15.9 Å². The normalized spacial score (nSPS) is 22.7. The van der Waals surface area contributed by atoms with Gasteiger partial charge in [0.2, 0.25) is 5.91 Å². The number of piperazine rings is 1. The lowest BCUT2D eigenvalue weighted by atomic mass is 9.78. The lowest BCUT2D eigenvalue weighted by molar-refractivity contribution is -0.161. The van der Waals surface area contributed by atoms with Crippen LogP contribution in [0.1, 0.15) is 82.4 Å². The number of methoxy groups -OCH3 is 2. The van der Waals surface area contributed by atoms with E-state index in [4.69, 9.17) is 23.4 Å². The highest BCUT2D eigenvalue weighted by molar-refractivity contribution is 6.99. The van der Waals surface area contributed by atoms with Crippen molar-refractivity contribution in [2.24, 2.45) is 5.92 Å². The zero-order valence-electron chi connectivity index (χ0n) is 35.6. The minimum absolute atomic E-state index is 0.00196. The van der Waals surface area contributed by atoms with Crippen LogP contribution in [0.2, 0.25) is 5.04 Å². The van der Waals surface area contributed by atoms with Crippen LogP contribution in [0.4, 0.5) is 4.79 Å². The van der Waals surface area contributed by atoms with Gasteiger partial charge in [-0.15, -0.1) is 0 Å². The molecule has 7 rings (SSSR count). The van der Waals surface area contributed by atoms with E-state index in [1.54, 1.807) is 39.9 Å². The summed E-state index contributed by atoms with van der Waals surface area (Å²) in [6.07, 6.45) is -1.84. The summed E-state index contributed by atoms with van der Waals surface area (Å²) in [7, 11) is -0.111. The molecule has 2 amide bonds. The van der Waals surface area contributed by atoms with Crippen molar-refractivity contribution in [3.05, 3.63) is 113 Å². The Morgan fingerprint density at radius 3 is 1.86 bits per heavy atom. The quantitative estimate of drug-likeness (QED) is 0.164. The summed E-state index contributed by atoms with van der Waals surface area (Å²) in [5.41, 5.74) is 1.60. The van der Waals surface area contributed by atoms with Crippen molar-refractivity contribution in [1.29, 1.82) is 0 Å². The number of hydrogen-bond acceptors (Lipinski definition) is 9. The van der Waals surface area contributed by atoms with Gasteiger partial charge in [0, 0.05) is 29.2 Å². The van der Waals surface area contributed by atoms with E-state index < -0.39 is 61.2 Å². The van der Waals surface area contributed by atoms with Gasteiger partial charge in [-0.3, -0.25) is 9.69 Å². The van der Waals surface area contributed by atoms with Crippen LogP contribution in [-0.4, -0.2) is 91.5 Å². The number of rotatable bonds is 11. The van der Waals surface area contributed by atoms with Crippen molar-refractivity contribution in [3.8, 4) is 17.2 Å². The maximum atomic E-state index is 15.4. The van der Waals surface area contributed by atoms with E-state index in [-0.39, 0.29) is 32.1 Å². The molecule has 11 nitrogen and oxygen atoms in total. The van der Waals surface area contributed by atoms with E-state index in [1.165, 1.54) is 4.90 Å². The second-order valence-electron chi connectivity index (χ2n) is 17.9. The molecule has 0 spiro atoms. The first-order chi connectivity index (χ1) is 28.1. The van der Waals surface area contributed by atoms with Crippen LogP contribution in [0.25, 0.3) is 0 Å². The van der Waals surface area contributed by atoms with Crippen LogP contribution in [0.5, 0.6) is 17.2 Å². The van der Waals surface area contributed by atoms with E-state index in [0.29, 0.717) is 33.9 Å². The number of nitrogens with zero attached hydrogens (tertiary/aromatic N) is 2. The molecule has 3 heterocycles. The SMILES string of the molecule is COc1c(C)c(OC)c2c(c1OCc1ccccc1)[C@H](CO[Si](c1ccccc1)(c1ccccc1)C(C)(C)C)N1C(=O)C3C[C@H](CO)C([C@@H]1[C@H]2O)N3C(=O)OC(C)(C)C. The van der Waals surface area contributed by atoms with E-state index in [2.05, 4.69) is 45.0 Å². The van der Waals surface area contributed by atoms with Crippen LogP contribution in [0.15, 0.2) is 91.0 Å². The second kappa shape index (κ2) is 16.3. The van der Waals surface area contributed by atoms with Gasteiger partial charge in [-0.1, -0.05) is 112 Å². The first-order valence-electron chi connectivity index (χ1n) is 20.4. The third-order valence-corrected chi connectivity index (χ3v) is 17.2. The zero-order chi connectivity index (χ0) is 42.4. The first-order valence-corrected chi connectivity index (χ1v) is 22.3. The number of carbonyl (C=O) groups excluding carboxylic acids is 2. The van der Waals surface area contributed by atoms with Crippen molar-refractivity contribution in [2.45, 2.75) is 102 Å². The molecule has 2 bridgehead atoms. The highest BCUT2D eigenvalue weighted by Gasteiger charge is 2.64. The van der Waals surface area contributed by atoms with Gasteiger partial charge >= 0.3 is 6.09 Å². The molecule has 3 aliphatic heterocycles. The van der Waals surface area contributed by atoms with E-state index >= 15 is 4.79 Å². The maximum absolute atomic E-state index is 15.4. The molecule has 0 aromatic heterocycles. The molecule has 12 heteroatoms. The topological polar surface area (TPSA) is 127 Å². The van der Waals surface area contributed by atoms with Crippen molar-refractivity contribution >= 4 is 30.7 Å². The van der Waals surface area contributed by atoms with Gasteiger partial charge in [0.25, 0.3) is 8.32 Å². The largest absolute Gasteiger partial charge is 0.496 e. The molecule has 0 saturated carbocycles. The molecule has 59 heavy (non-hydrogen) atoms. The van der Waals surface area contributed by atoms with Crippen molar-refractivity contribution < 1.29 is 43.2 Å². The molecule has 0 radical (unpaired) electrons. The Balaban J connectivity index is 1.48. The third kappa shape index (κ3) is 7.28. The monoisotopic (exact) mass is 822 g/mol. The van der Waals surface area contributed by atoms with Gasteiger partial charge in [-0.05, 0) is 55.1 Å². The van der Waals surface area contributed by atoms with E-state index in [9.17, 15) is 15.0 Å². The number of amides is 2. The summed E-state index contributed by atoms with van der Waals surface area (Å²) in [6.45, 7) is 13.6. The molecule has 2 fully saturated rings. The molecule has 4 aromatic carbocycles. The number of ether oxygens (including phenoxy) is 4. The summed E-state index contributed by atoms with van der Waals surface area (Å²) in [5.74, 6) is 0.255. The molecule has 3 aliphatic rings. The number of aliphatic hydroxyl groups is 2. The van der Waals surface area contributed by atoms with Gasteiger partial charge < -0.3 is 38.5 Å². The molecule has 2 saturated heterocycles. The average molecular weight is 823 g/mol. The summed E-state index contributed by atoms with van der Waals surface area (Å²) in [6, 6.07) is 26.7. The lowest BCUT2D eigenvalue weighted by Gasteiger charge is -2.55. The predicted molar refractivity (Wildman–Crippen MR) is 228 cm³/mol. The summed E-state index contributed by atoms with van der Waals surface area (Å²) >= 11 is 0. The molecular weight excluding hydrogens is 765 g/mol. The van der Waals surface area contributed by atoms with Crippen LogP contribution in [0.3, 0.4) is 0 Å². The van der Waals surface area contributed by atoms with Gasteiger partial charge in [0.15, 0.2) is 11.5 Å². The lowest BCUT2D eigenvalue weighted by Crippen LogP contribution is -2.70. The number of carbonyl (C=O) groups is 2. The van der Waals surface area contributed by atoms with Crippen LogP contribution < -0.4 is 24.6 Å². The fraction of sp³-hybridized carbons (Fsp3) is 0.447. The minimum Gasteiger partial charge on any atom is -0.496 e. The fourth-order valence-electron chi connectivity index (χ4n) is 9.86. The average Bonchev–Trinajstić information content (AvgIpc) is 3.54. The highest BCUT2D eigenvalue weighted by atomic mass is 28.4. The maximum Gasteiger partial charge on any atom is 0.411 e. The zero-order valence-corrected chi connectivity index (χ0v) is 36.6. The number of aliphatic hydroxyl groups excluding tert-OH is 2.